The third-order valence-corrected chi connectivity index (χ3v) is 5.71. The molecule has 9 nitrogen and oxygen atoms in total. The Morgan fingerprint density at radius 1 is 0.781 bits per heavy atom. The quantitative estimate of drug-likeness (QED) is 0.502. The minimum absolute atomic E-state index is 0.00659. The maximum atomic E-state index is 9.76. The van der Waals surface area contributed by atoms with E-state index in [0.717, 1.165) is 0 Å². The van der Waals surface area contributed by atoms with E-state index < -0.39 is 17.8 Å². The second-order valence-corrected chi connectivity index (χ2v) is 7.21. The highest BCUT2D eigenvalue weighted by atomic mass is 14.8. The van der Waals surface area contributed by atoms with E-state index in [2.05, 4.69) is 33.7 Å². The first-order chi connectivity index (χ1) is 15.4. The topological polar surface area (TPSA) is 181 Å². The molecule has 4 rings (SSSR count). The zero-order chi connectivity index (χ0) is 23.2. The molecule has 0 saturated heterocycles. The predicted octanol–water partition coefficient (Wildman–Crippen LogP) is 3.07. The van der Waals surface area contributed by atoms with Crippen LogP contribution >= 0.6 is 0 Å². The molecule has 0 aliphatic heterocycles. The van der Waals surface area contributed by atoms with Gasteiger partial charge in [-0.2, -0.15) is 31.6 Å². The summed E-state index contributed by atoms with van der Waals surface area (Å²) in [5.41, 5.74) is 1.58. The molecule has 2 unspecified atom stereocenters. The van der Waals surface area contributed by atoms with Crippen LogP contribution in [0, 0.1) is 79.8 Å². The molecule has 0 N–H and O–H groups in total. The van der Waals surface area contributed by atoms with Gasteiger partial charge < -0.3 is 0 Å². The fourth-order valence-electron chi connectivity index (χ4n) is 4.22. The number of hydrogen-bond acceptors (Lipinski definition) is 9. The number of nitriles is 6. The molecule has 1 aromatic carbocycles. The first-order valence-corrected chi connectivity index (χ1v) is 9.26. The van der Waals surface area contributed by atoms with Crippen LogP contribution in [0.1, 0.15) is 46.6 Å². The SMILES string of the molecule is C=C1c2c(c3nc(C#N)c(C#N)nc3c3cc(C#N)c(C#N)nc23)C(C)C(C#N)[C@H]1C#N. The molecule has 0 fully saturated rings. The molecule has 2 heterocycles. The summed E-state index contributed by atoms with van der Waals surface area (Å²) < 4.78 is 0. The average molecular weight is 411 g/mol. The summed E-state index contributed by atoms with van der Waals surface area (Å²) in [4.78, 5) is 13.1. The molecule has 3 atom stereocenters. The van der Waals surface area contributed by atoms with Crippen LogP contribution < -0.4 is 0 Å². The largest absolute Gasteiger partial charge is 0.235 e. The van der Waals surface area contributed by atoms with Gasteiger partial charge in [-0.15, -0.1) is 0 Å². The lowest BCUT2D eigenvalue weighted by atomic mass is 9.67. The van der Waals surface area contributed by atoms with E-state index in [4.69, 9.17) is 0 Å². The standard InChI is InChI=1S/C23H9N9/c1-10-14(5-25)15(6-26)11(2)20-19(10)21-13(3-12(4-24)16(7-27)30-21)22-23(20)32-18(9-29)17(8-28)31-22/h3,11,14-15H,1H2,2H3/t11?,14-,15?/m0/s1. The lowest BCUT2D eigenvalue weighted by molar-refractivity contribution is 0.487. The van der Waals surface area contributed by atoms with Gasteiger partial charge in [0.25, 0.3) is 0 Å². The van der Waals surface area contributed by atoms with Crippen LogP contribution in [0.3, 0.4) is 0 Å². The average Bonchev–Trinajstić information content (AvgIpc) is 2.83. The molecular formula is C23H9N9. The van der Waals surface area contributed by atoms with E-state index in [0.29, 0.717) is 22.1 Å². The number of fused-ring (bicyclic) bond motifs is 6. The summed E-state index contributed by atoms with van der Waals surface area (Å²) in [6.07, 6.45) is 0. The van der Waals surface area contributed by atoms with Crippen molar-refractivity contribution in [3.05, 3.63) is 46.4 Å². The Kier molecular flexibility index (Phi) is 4.46. The Bertz CT molecular complexity index is 1640. The molecular weight excluding hydrogens is 402 g/mol. The smallest absolute Gasteiger partial charge is 0.177 e. The van der Waals surface area contributed by atoms with Gasteiger partial charge in [-0.1, -0.05) is 13.5 Å². The van der Waals surface area contributed by atoms with E-state index in [1.54, 1.807) is 6.92 Å². The maximum Gasteiger partial charge on any atom is 0.177 e. The summed E-state index contributed by atoms with van der Waals surface area (Å²) in [6.45, 7) is 5.80. The predicted molar refractivity (Wildman–Crippen MR) is 109 cm³/mol. The number of benzene rings is 1. The highest BCUT2D eigenvalue weighted by molar-refractivity contribution is 6.11. The number of rotatable bonds is 0. The summed E-state index contributed by atoms with van der Waals surface area (Å²) >= 11 is 0. The Morgan fingerprint density at radius 3 is 1.91 bits per heavy atom. The number of hydrogen-bond donors (Lipinski definition) is 0. The van der Waals surface area contributed by atoms with Crippen molar-refractivity contribution in [2.75, 3.05) is 0 Å². The van der Waals surface area contributed by atoms with Crippen molar-refractivity contribution in [2.45, 2.75) is 12.8 Å². The van der Waals surface area contributed by atoms with Crippen LogP contribution in [0.25, 0.3) is 27.5 Å². The molecule has 0 amide bonds. The fourth-order valence-corrected chi connectivity index (χ4v) is 4.22. The molecule has 2 aromatic heterocycles. The Morgan fingerprint density at radius 2 is 1.38 bits per heavy atom. The molecule has 0 spiro atoms. The van der Waals surface area contributed by atoms with Crippen molar-refractivity contribution in [2.24, 2.45) is 11.8 Å². The highest BCUT2D eigenvalue weighted by Gasteiger charge is 2.40. The minimum Gasteiger partial charge on any atom is -0.235 e. The van der Waals surface area contributed by atoms with Gasteiger partial charge in [0.15, 0.2) is 17.1 Å². The summed E-state index contributed by atoms with van der Waals surface area (Å²) in [5, 5.41) is 57.7. The Balaban J connectivity index is 2.35. The van der Waals surface area contributed by atoms with Crippen LogP contribution in [0.15, 0.2) is 12.6 Å². The van der Waals surface area contributed by atoms with Crippen LogP contribution in [-0.2, 0) is 0 Å². The Hall–Kier alpha value is -5.35. The lowest BCUT2D eigenvalue weighted by Gasteiger charge is -2.33. The van der Waals surface area contributed by atoms with Crippen molar-refractivity contribution >= 4 is 27.5 Å². The van der Waals surface area contributed by atoms with Crippen molar-refractivity contribution < 1.29 is 0 Å². The number of pyridine rings is 1. The molecule has 3 aromatic rings. The second kappa shape index (κ2) is 7.16. The lowest BCUT2D eigenvalue weighted by Crippen LogP contribution is -2.26. The van der Waals surface area contributed by atoms with Gasteiger partial charge in [-0.25, -0.2) is 15.0 Å². The van der Waals surface area contributed by atoms with Crippen LogP contribution in [-0.4, -0.2) is 15.0 Å². The van der Waals surface area contributed by atoms with E-state index >= 15 is 0 Å². The van der Waals surface area contributed by atoms with Gasteiger partial charge in [0, 0.05) is 16.9 Å². The zero-order valence-electron chi connectivity index (χ0n) is 16.5. The molecule has 1 aliphatic carbocycles. The third kappa shape index (κ3) is 2.47. The van der Waals surface area contributed by atoms with Crippen molar-refractivity contribution in [3.8, 4) is 36.4 Å². The van der Waals surface area contributed by atoms with Gasteiger partial charge in [0.05, 0.1) is 40.6 Å². The van der Waals surface area contributed by atoms with Gasteiger partial charge >= 0.3 is 0 Å². The number of allylic oxidation sites excluding steroid dienone is 1. The molecule has 0 bridgehead atoms. The highest BCUT2D eigenvalue weighted by Crippen LogP contribution is 2.49. The van der Waals surface area contributed by atoms with E-state index in [-0.39, 0.29) is 39.2 Å². The molecule has 0 saturated carbocycles. The normalized spacial score (nSPS) is 19.0. The molecule has 0 radical (unpaired) electrons. The van der Waals surface area contributed by atoms with Crippen molar-refractivity contribution in [3.63, 3.8) is 0 Å². The van der Waals surface area contributed by atoms with Crippen LogP contribution in [0.5, 0.6) is 0 Å². The van der Waals surface area contributed by atoms with E-state index in [1.807, 2.05) is 24.3 Å². The fraction of sp³-hybridized carbons (Fsp3) is 0.174. The van der Waals surface area contributed by atoms with Crippen LogP contribution in [0.2, 0.25) is 0 Å². The van der Waals surface area contributed by atoms with Crippen molar-refractivity contribution in [1.29, 1.82) is 31.6 Å². The van der Waals surface area contributed by atoms with Crippen molar-refractivity contribution in [1.82, 2.24) is 15.0 Å². The molecule has 32 heavy (non-hydrogen) atoms. The maximum absolute atomic E-state index is 9.76. The van der Waals surface area contributed by atoms with Gasteiger partial charge in [0.2, 0.25) is 0 Å². The minimum atomic E-state index is -0.826. The first-order valence-electron chi connectivity index (χ1n) is 9.26. The zero-order valence-corrected chi connectivity index (χ0v) is 16.5. The molecule has 9 heteroatoms. The summed E-state index contributed by atoms with van der Waals surface area (Å²) in [5.74, 6) is -2.07. The van der Waals surface area contributed by atoms with Gasteiger partial charge in [-0.3, -0.25) is 0 Å². The number of aromatic nitrogens is 3. The molecule has 146 valence electrons. The molecule has 1 aliphatic rings. The number of nitrogens with zero attached hydrogens (tertiary/aromatic N) is 9. The third-order valence-electron chi connectivity index (χ3n) is 5.71. The monoisotopic (exact) mass is 411 g/mol. The van der Waals surface area contributed by atoms with E-state index in [9.17, 15) is 31.6 Å². The second-order valence-electron chi connectivity index (χ2n) is 7.21. The van der Waals surface area contributed by atoms with E-state index in [1.165, 1.54) is 6.07 Å². The van der Waals surface area contributed by atoms with Gasteiger partial charge in [0.1, 0.15) is 29.8 Å². The Labute approximate surface area is 181 Å². The van der Waals surface area contributed by atoms with Gasteiger partial charge in [-0.05, 0) is 17.2 Å². The van der Waals surface area contributed by atoms with Crippen LogP contribution in [0.4, 0.5) is 0 Å². The first kappa shape index (κ1) is 19.9. The summed E-state index contributed by atoms with van der Waals surface area (Å²) in [7, 11) is 0. The summed E-state index contributed by atoms with van der Waals surface area (Å²) in [6, 6.07) is 13.2.